The second kappa shape index (κ2) is 6.11. The van der Waals surface area contributed by atoms with Gasteiger partial charge in [0.05, 0.1) is 0 Å². The van der Waals surface area contributed by atoms with Gasteiger partial charge in [0.2, 0.25) is 5.03 Å². The van der Waals surface area contributed by atoms with Crippen LogP contribution in [0, 0.1) is 5.82 Å². The lowest BCUT2D eigenvalue weighted by Gasteiger charge is -2.16. The lowest BCUT2D eigenvalue weighted by molar-refractivity contribution is 0.460. The molecule has 0 amide bonds. The van der Waals surface area contributed by atoms with Crippen molar-refractivity contribution in [3.05, 3.63) is 60.0 Å². The summed E-state index contributed by atoms with van der Waals surface area (Å²) < 4.78 is 39.1. The second-order valence-corrected chi connectivity index (χ2v) is 6.31. The quantitative estimate of drug-likeness (QED) is 0.848. The van der Waals surface area contributed by atoms with Crippen LogP contribution >= 0.6 is 0 Å². The zero-order valence-corrected chi connectivity index (χ0v) is 11.8. The number of likely N-dealkylation sites (N-methyl/N-ethyl adjacent to an activating group) is 1. The van der Waals surface area contributed by atoms with Crippen LogP contribution in [0.3, 0.4) is 0 Å². The highest BCUT2D eigenvalue weighted by Gasteiger charge is 2.25. The molecule has 1 aromatic heterocycles. The molecule has 2 aromatic rings. The van der Waals surface area contributed by atoms with E-state index in [1.807, 2.05) is 30.3 Å². The molecule has 1 aromatic carbocycles. The van der Waals surface area contributed by atoms with Crippen molar-refractivity contribution >= 4 is 10.0 Å². The van der Waals surface area contributed by atoms with Crippen molar-refractivity contribution in [2.24, 2.45) is 0 Å². The first kappa shape index (κ1) is 14.6. The van der Waals surface area contributed by atoms with Gasteiger partial charge in [-0.15, -0.1) is 0 Å². The molecular formula is C14H15FN2O2S. The number of rotatable bonds is 5. The van der Waals surface area contributed by atoms with Gasteiger partial charge in [-0.2, -0.15) is 4.31 Å². The number of sulfonamides is 1. The van der Waals surface area contributed by atoms with Gasteiger partial charge in [-0.05, 0) is 24.1 Å². The van der Waals surface area contributed by atoms with Crippen LogP contribution in [0.25, 0.3) is 0 Å². The standard InChI is InChI=1S/C14H15FN2O2S/c1-17(11-9-12-6-3-2-4-7-12)20(18,19)14-13(15)8-5-10-16-14/h2-8,10H,9,11H2,1H3. The molecule has 0 fully saturated rings. The van der Waals surface area contributed by atoms with E-state index in [4.69, 9.17) is 0 Å². The van der Waals surface area contributed by atoms with E-state index in [2.05, 4.69) is 4.98 Å². The van der Waals surface area contributed by atoms with Gasteiger partial charge in [0, 0.05) is 19.8 Å². The van der Waals surface area contributed by atoms with E-state index >= 15 is 0 Å². The molecular weight excluding hydrogens is 279 g/mol. The molecule has 0 bridgehead atoms. The molecule has 20 heavy (non-hydrogen) atoms. The molecule has 0 aliphatic carbocycles. The number of pyridine rings is 1. The SMILES string of the molecule is CN(CCc1ccccc1)S(=O)(=O)c1ncccc1F. The van der Waals surface area contributed by atoms with Crippen molar-refractivity contribution in [1.29, 1.82) is 0 Å². The summed E-state index contributed by atoms with van der Waals surface area (Å²) in [4.78, 5) is 3.62. The van der Waals surface area contributed by atoms with E-state index < -0.39 is 20.9 Å². The van der Waals surface area contributed by atoms with Crippen molar-refractivity contribution in [3.8, 4) is 0 Å². The summed E-state index contributed by atoms with van der Waals surface area (Å²) in [6.45, 7) is 0.266. The molecule has 0 atom stereocenters. The monoisotopic (exact) mass is 294 g/mol. The number of nitrogens with zero attached hydrogens (tertiary/aromatic N) is 2. The molecule has 2 rings (SSSR count). The first-order valence-electron chi connectivity index (χ1n) is 6.12. The normalized spacial score (nSPS) is 11.8. The summed E-state index contributed by atoms with van der Waals surface area (Å²) in [5.74, 6) is -0.834. The summed E-state index contributed by atoms with van der Waals surface area (Å²) in [5, 5.41) is -0.532. The third kappa shape index (κ3) is 3.20. The van der Waals surface area contributed by atoms with Gasteiger partial charge in [0.15, 0.2) is 5.82 Å². The maximum atomic E-state index is 13.5. The minimum absolute atomic E-state index is 0.266. The van der Waals surface area contributed by atoms with Gasteiger partial charge >= 0.3 is 0 Å². The Morgan fingerprint density at radius 1 is 1.15 bits per heavy atom. The van der Waals surface area contributed by atoms with Crippen molar-refractivity contribution in [1.82, 2.24) is 9.29 Å². The first-order valence-corrected chi connectivity index (χ1v) is 7.56. The van der Waals surface area contributed by atoms with Gasteiger partial charge < -0.3 is 0 Å². The van der Waals surface area contributed by atoms with Crippen molar-refractivity contribution in [2.45, 2.75) is 11.4 Å². The van der Waals surface area contributed by atoms with Crippen LogP contribution in [-0.2, 0) is 16.4 Å². The van der Waals surface area contributed by atoms with Crippen molar-refractivity contribution < 1.29 is 12.8 Å². The Morgan fingerprint density at radius 2 is 1.85 bits per heavy atom. The number of hydrogen-bond donors (Lipinski definition) is 0. The highest BCUT2D eigenvalue weighted by molar-refractivity contribution is 7.89. The van der Waals surface area contributed by atoms with Gasteiger partial charge in [0.25, 0.3) is 10.0 Å². The van der Waals surface area contributed by atoms with Gasteiger partial charge in [0.1, 0.15) is 0 Å². The average Bonchev–Trinajstić information content (AvgIpc) is 2.46. The van der Waals surface area contributed by atoms with Crippen LogP contribution in [0.1, 0.15) is 5.56 Å². The number of aromatic nitrogens is 1. The van der Waals surface area contributed by atoms with Crippen LogP contribution in [0.4, 0.5) is 4.39 Å². The van der Waals surface area contributed by atoms with Crippen LogP contribution in [0.15, 0.2) is 53.7 Å². The highest BCUT2D eigenvalue weighted by Crippen LogP contribution is 2.15. The third-order valence-corrected chi connectivity index (χ3v) is 4.73. The van der Waals surface area contributed by atoms with Crippen LogP contribution in [0.5, 0.6) is 0 Å². The topological polar surface area (TPSA) is 50.3 Å². The van der Waals surface area contributed by atoms with Gasteiger partial charge in [-0.1, -0.05) is 30.3 Å². The number of benzene rings is 1. The highest BCUT2D eigenvalue weighted by atomic mass is 32.2. The van der Waals surface area contributed by atoms with Crippen LogP contribution in [-0.4, -0.2) is 31.3 Å². The molecule has 4 nitrogen and oxygen atoms in total. The molecule has 0 spiro atoms. The maximum absolute atomic E-state index is 13.5. The lowest BCUT2D eigenvalue weighted by Crippen LogP contribution is -2.30. The predicted molar refractivity (Wildman–Crippen MR) is 74.2 cm³/mol. The molecule has 106 valence electrons. The average molecular weight is 294 g/mol. The van der Waals surface area contributed by atoms with E-state index in [1.165, 1.54) is 19.3 Å². The number of hydrogen-bond acceptors (Lipinski definition) is 3. The maximum Gasteiger partial charge on any atom is 0.263 e. The molecule has 0 N–H and O–H groups in total. The number of halogens is 1. The summed E-state index contributed by atoms with van der Waals surface area (Å²) in [5.41, 5.74) is 1.02. The molecule has 0 saturated heterocycles. The largest absolute Gasteiger partial charge is 0.263 e. The Labute approximate surface area is 117 Å². The zero-order chi connectivity index (χ0) is 14.6. The molecule has 0 aliphatic rings. The summed E-state index contributed by atoms with van der Waals surface area (Å²) >= 11 is 0. The minimum atomic E-state index is -3.89. The van der Waals surface area contributed by atoms with Gasteiger partial charge in [-0.25, -0.2) is 17.8 Å². The van der Waals surface area contributed by atoms with Crippen LogP contribution in [0.2, 0.25) is 0 Å². The van der Waals surface area contributed by atoms with E-state index in [0.717, 1.165) is 15.9 Å². The summed E-state index contributed by atoms with van der Waals surface area (Å²) in [6.07, 6.45) is 1.83. The molecule has 0 saturated carbocycles. The zero-order valence-electron chi connectivity index (χ0n) is 11.0. The Hall–Kier alpha value is -1.79. The lowest BCUT2D eigenvalue weighted by atomic mass is 10.2. The van der Waals surface area contributed by atoms with E-state index in [1.54, 1.807) is 0 Å². The smallest absolute Gasteiger partial charge is 0.241 e. The molecule has 6 heteroatoms. The Morgan fingerprint density at radius 3 is 2.50 bits per heavy atom. The molecule has 1 heterocycles. The van der Waals surface area contributed by atoms with E-state index in [-0.39, 0.29) is 6.54 Å². The van der Waals surface area contributed by atoms with Gasteiger partial charge in [-0.3, -0.25) is 0 Å². The molecule has 0 radical (unpaired) electrons. The van der Waals surface area contributed by atoms with Crippen molar-refractivity contribution in [2.75, 3.05) is 13.6 Å². The fourth-order valence-corrected chi connectivity index (χ4v) is 2.90. The van der Waals surface area contributed by atoms with Crippen LogP contribution < -0.4 is 0 Å². The van der Waals surface area contributed by atoms with E-state index in [0.29, 0.717) is 6.42 Å². The fourth-order valence-electron chi connectivity index (χ4n) is 1.76. The van der Waals surface area contributed by atoms with E-state index in [9.17, 15) is 12.8 Å². The fraction of sp³-hybridized carbons (Fsp3) is 0.214. The predicted octanol–water partition coefficient (Wildman–Crippen LogP) is 2.08. The summed E-state index contributed by atoms with van der Waals surface area (Å²) in [7, 11) is -2.47. The summed E-state index contributed by atoms with van der Waals surface area (Å²) in [6, 6.07) is 12.0. The minimum Gasteiger partial charge on any atom is -0.241 e. The van der Waals surface area contributed by atoms with Crippen molar-refractivity contribution in [3.63, 3.8) is 0 Å². The second-order valence-electron chi connectivity index (χ2n) is 4.35. The Bertz CT molecular complexity index is 675. The Balaban J connectivity index is 2.12. The molecule has 0 aliphatic heterocycles. The first-order chi connectivity index (χ1) is 9.51. The third-order valence-electron chi connectivity index (χ3n) is 2.94. The molecule has 0 unspecified atom stereocenters. The Kier molecular flexibility index (Phi) is 4.46.